The molecule has 0 saturated carbocycles. The van der Waals surface area contributed by atoms with E-state index in [1.807, 2.05) is 12.1 Å². The van der Waals surface area contributed by atoms with Crippen molar-refractivity contribution in [1.82, 2.24) is 9.47 Å². The molecular formula is C20H22ClN3. The van der Waals surface area contributed by atoms with Crippen molar-refractivity contribution < 1.29 is 0 Å². The van der Waals surface area contributed by atoms with Gasteiger partial charge >= 0.3 is 0 Å². The van der Waals surface area contributed by atoms with Crippen LogP contribution in [0.1, 0.15) is 5.56 Å². The van der Waals surface area contributed by atoms with Gasteiger partial charge in [-0.3, -0.25) is 4.90 Å². The number of hydrogen-bond donors (Lipinski definition) is 0. The summed E-state index contributed by atoms with van der Waals surface area (Å²) >= 11 is 5.98. The molecule has 0 radical (unpaired) electrons. The maximum atomic E-state index is 5.98. The zero-order valence-electron chi connectivity index (χ0n) is 14.0. The SMILES string of the molecule is Cn1cc(CN2CCN(c3ccc(Cl)cc3)CC2)c2ccccc21. The van der Waals surface area contributed by atoms with E-state index in [2.05, 4.69) is 64.0 Å². The van der Waals surface area contributed by atoms with Gasteiger partial charge in [-0.05, 0) is 35.9 Å². The first kappa shape index (κ1) is 15.6. The van der Waals surface area contributed by atoms with Gasteiger partial charge in [-0.15, -0.1) is 0 Å². The van der Waals surface area contributed by atoms with Crippen LogP contribution in [-0.2, 0) is 13.6 Å². The van der Waals surface area contributed by atoms with Gasteiger partial charge in [-0.2, -0.15) is 0 Å². The van der Waals surface area contributed by atoms with Gasteiger partial charge in [-0.25, -0.2) is 0 Å². The van der Waals surface area contributed by atoms with E-state index in [9.17, 15) is 0 Å². The molecule has 0 N–H and O–H groups in total. The number of piperazine rings is 1. The molecule has 0 aliphatic carbocycles. The second-order valence-corrected chi connectivity index (χ2v) is 6.96. The topological polar surface area (TPSA) is 11.4 Å². The van der Waals surface area contributed by atoms with Crippen molar-refractivity contribution in [3.8, 4) is 0 Å². The predicted octanol–water partition coefficient (Wildman–Crippen LogP) is 4.15. The van der Waals surface area contributed by atoms with Crippen molar-refractivity contribution in [3.63, 3.8) is 0 Å². The van der Waals surface area contributed by atoms with Crippen molar-refractivity contribution in [3.05, 3.63) is 65.3 Å². The Kier molecular flexibility index (Phi) is 4.21. The minimum Gasteiger partial charge on any atom is -0.369 e. The molecule has 3 nitrogen and oxygen atoms in total. The van der Waals surface area contributed by atoms with E-state index in [0.29, 0.717) is 0 Å². The summed E-state index contributed by atoms with van der Waals surface area (Å²) in [5.74, 6) is 0. The zero-order chi connectivity index (χ0) is 16.5. The molecule has 124 valence electrons. The summed E-state index contributed by atoms with van der Waals surface area (Å²) in [6.07, 6.45) is 2.27. The minimum absolute atomic E-state index is 0.799. The summed E-state index contributed by atoms with van der Waals surface area (Å²) < 4.78 is 2.23. The van der Waals surface area contributed by atoms with E-state index in [-0.39, 0.29) is 0 Å². The first-order chi connectivity index (χ1) is 11.7. The Bertz CT molecular complexity index is 830. The Labute approximate surface area is 148 Å². The third kappa shape index (κ3) is 3.02. The first-order valence-electron chi connectivity index (χ1n) is 8.46. The maximum absolute atomic E-state index is 5.98. The van der Waals surface area contributed by atoms with Crippen LogP contribution in [0.5, 0.6) is 0 Å². The number of anilines is 1. The Morgan fingerprint density at radius 2 is 1.62 bits per heavy atom. The van der Waals surface area contributed by atoms with Crippen LogP contribution < -0.4 is 4.90 Å². The van der Waals surface area contributed by atoms with Crippen LogP contribution in [0, 0.1) is 0 Å². The van der Waals surface area contributed by atoms with E-state index >= 15 is 0 Å². The number of rotatable bonds is 3. The third-order valence-electron chi connectivity index (χ3n) is 4.94. The molecule has 1 aliphatic rings. The Morgan fingerprint density at radius 3 is 2.38 bits per heavy atom. The van der Waals surface area contributed by atoms with Gasteiger partial charge in [0.15, 0.2) is 0 Å². The number of fused-ring (bicyclic) bond motifs is 1. The van der Waals surface area contributed by atoms with Crippen LogP contribution >= 0.6 is 11.6 Å². The van der Waals surface area contributed by atoms with Crippen molar-refractivity contribution in [2.45, 2.75) is 6.54 Å². The molecule has 3 aromatic rings. The lowest BCUT2D eigenvalue weighted by atomic mass is 10.1. The molecule has 0 unspecified atom stereocenters. The lowest BCUT2D eigenvalue weighted by Crippen LogP contribution is -2.45. The van der Waals surface area contributed by atoms with Crippen molar-refractivity contribution in [1.29, 1.82) is 0 Å². The fourth-order valence-corrected chi connectivity index (χ4v) is 3.73. The quantitative estimate of drug-likeness (QED) is 0.710. The molecule has 2 aromatic carbocycles. The lowest BCUT2D eigenvalue weighted by molar-refractivity contribution is 0.250. The van der Waals surface area contributed by atoms with Crippen LogP contribution in [0.2, 0.25) is 5.02 Å². The smallest absolute Gasteiger partial charge is 0.0481 e. The van der Waals surface area contributed by atoms with Crippen LogP contribution in [0.15, 0.2) is 54.7 Å². The lowest BCUT2D eigenvalue weighted by Gasteiger charge is -2.36. The Balaban J connectivity index is 1.43. The minimum atomic E-state index is 0.799. The second kappa shape index (κ2) is 6.50. The second-order valence-electron chi connectivity index (χ2n) is 6.52. The van der Waals surface area contributed by atoms with Gasteiger partial charge < -0.3 is 9.47 Å². The Morgan fingerprint density at radius 1 is 0.917 bits per heavy atom. The third-order valence-corrected chi connectivity index (χ3v) is 5.19. The maximum Gasteiger partial charge on any atom is 0.0481 e. The average Bonchev–Trinajstić information content (AvgIpc) is 2.93. The van der Waals surface area contributed by atoms with Gasteiger partial charge in [0.05, 0.1) is 0 Å². The van der Waals surface area contributed by atoms with Crippen LogP contribution in [0.4, 0.5) is 5.69 Å². The van der Waals surface area contributed by atoms with E-state index in [0.717, 1.165) is 37.7 Å². The molecule has 1 aliphatic heterocycles. The highest BCUT2D eigenvalue weighted by Crippen LogP contribution is 2.23. The number of halogens is 1. The van der Waals surface area contributed by atoms with Crippen molar-refractivity contribution >= 4 is 28.2 Å². The molecule has 0 atom stereocenters. The molecule has 1 aromatic heterocycles. The largest absolute Gasteiger partial charge is 0.369 e. The van der Waals surface area contributed by atoms with Crippen LogP contribution in [0.25, 0.3) is 10.9 Å². The highest BCUT2D eigenvalue weighted by molar-refractivity contribution is 6.30. The number of nitrogens with zero attached hydrogens (tertiary/aromatic N) is 3. The first-order valence-corrected chi connectivity index (χ1v) is 8.84. The molecule has 1 fully saturated rings. The highest BCUT2D eigenvalue weighted by atomic mass is 35.5. The molecule has 0 bridgehead atoms. The van der Waals surface area contributed by atoms with Crippen LogP contribution in [0.3, 0.4) is 0 Å². The summed E-state index contributed by atoms with van der Waals surface area (Å²) in [5.41, 5.74) is 4.00. The fraction of sp³-hybridized carbons (Fsp3) is 0.300. The number of aromatic nitrogens is 1. The molecule has 0 spiro atoms. The van der Waals surface area contributed by atoms with Gasteiger partial charge in [-0.1, -0.05) is 29.8 Å². The van der Waals surface area contributed by atoms with E-state index in [1.54, 1.807) is 0 Å². The van der Waals surface area contributed by atoms with Gasteiger partial charge in [0.1, 0.15) is 0 Å². The van der Waals surface area contributed by atoms with Crippen molar-refractivity contribution in [2.75, 3.05) is 31.1 Å². The normalized spacial score (nSPS) is 16.0. The van der Waals surface area contributed by atoms with Gasteiger partial charge in [0, 0.05) is 67.6 Å². The summed E-state index contributed by atoms with van der Waals surface area (Å²) in [4.78, 5) is 4.99. The molecular weight excluding hydrogens is 318 g/mol. The highest BCUT2D eigenvalue weighted by Gasteiger charge is 2.18. The van der Waals surface area contributed by atoms with E-state index in [4.69, 9.17) is 11.6 Å². The van der Waals surface area contributed by atoms with E-state index < -0.39 is 0 Å². The number of para-hydroxylation sites is 1. The fourth-order valence-electron chi connectivity index (χ4n) is 3.61. The molecule has 0 amide bonds. The summed E-state index contributed by atoms with van der Waals surface area (Å²) in [6, 6.07) is 16.8. The molecule has 2 heterocycles. The summed E-state index contributed by atoms with van der Waals surface area (Å²) in [6.45, 7) is 5.33. The summed E-state index contributed by atoms with van der Waals surface area (Å²) in [5, 5.41) is 2.17. The molecule has 1 saturated heterocycles. The molecule has 4 heteroatoms. The number of aryl methyl sites for hydroxylation is 1. The molecule has 24 heavy (non-hydrogen) atoms. The van der Waals surface area contributed by atoms with Crippen LogP contribution in [-0.4, -0.2) is 35.6 Å². The number of benzene rings is 2. The molecule has 4 rings (SSSR count). The predicted molar refractivity (Wildman–Crippen MR) is 102 cm³/mol. The van der Waals surface area contributed by atoms with Gasteiger partial charge in [0.25, 0.3) is 0 Å². The standard InChI is InChI=1S/C20H22ClN3/c1-22-14-16(19-4-2-3-5-20(19)22)15-23-10-12-24(13-11-23)18-8-6-17(21)7-9-18/h2-9,14H,10-13,15H2,1H3. The summed E-state index contributed by atoms with van der Waals surface area (Å²) in [7, 11) is 2.13. The zero-order valence-corrected chi connectivity index (χ0v) is 14.7. The van der Waals surface area contributed by atoms with Crippen molar-refractivity contribution in [2.24, 2.45) is 7.05 Å². The Hall–Kier alpha value is -1.97. The van der Waals surface area contributed by atoms with Gasteiger partial charge in [0.2, 0.25) is 0 Å². The average molecular weight is 340 g/mol. The number of hydrogen-bond acceptors (Lipinski definition) is 2. The van der Waals surface area contributed by atoms with E-state index in [1.165, 1.54) is 22.2 Å². The monoisotopic (exact) mass is 339 g/mol.